The highest BCUT2D eigenvalue weighted by atomic mass is 19.4. The largest absolute Gasteiger partial charge is 0.465 e. The number of carbonyl (C=O) groups excluding carboxylic acids is 2. The van der Waals surface area contributed by atoms with Crippen LogP contribution in [0.4, 0.5) is 13.2 Å². The van der Waals surface area contributed by atoms with Crippen molar-refractivity contribution in [2.45, 2.75) is 52.8 Å². The average molecular weight is 411 g/mol. The molecule has 2 unspecified atom stereocenters. The molecule has 0 radical (unpaired) electrons. The van der Waals surface area contributed by atoms with Crippen LogP contribution in [0, 0.1) is 5.92 Å². The lowest BCUT2D eigenvalue weighted by Crippen LogP contribution is -2.37. The van der Waals surface area contributed by atoms with Crippen LogP contribution in [0.5, 0.6) is 0 Å². The molecule has 5 nitrogen and oxygen atoms in total. The minimum Gasteiger partial charge on any atom is -0.465 e. The minimum absolute atomic E-state index is 0.0464. The van der Waals surface area contributed by atoms with Crippen molar-refractivity contribution in [2.75, 3.05) is 6.61 Å². The third kappa shape index (κ3) is 4.86. The van der Waals surface area contributed by atoms with Crippen molar-refractivity contribution in [3.8, 4) is 0 Å². The first kappa shape index (κ1) is 22.6. The number of ether oxygens (including phenoxy) is 2. The second kappa shape index (κ2) is 8.80. The first-order valence-corrected chi connectivity index (χ1v) is 9.28. The standard InChI is InChI=1S/C21H24F3NO4/c1-6-28-19(26)16-12(4)25-13(5)17(20(27)29-11(2)3)18(16)14-9-7-8-10-15(14)21(22,23)24/h7-11,16,18H,6H2,1-5H3. The van der Waals surface area contributed by atoms with Gasteiger partial charge in [-0.1, -0.05) is 18.2 Å². The Labute approximate surface area is 167 Å². The predicted octanol–water partition coefficient (Wildman–Crippen LogP) is 4.67. The van der Waals surface area contributed by atoms with Crippen LogP contribution < -0.4 is 0 Å². The van der Waals surface area contributed by atoms with E-state index in [-0.39, 0.29) is 29.2 Å². The number of hydrogen-bond donors (Lipinski definition) is 0. The van der Waals surface area contributed by atoms with Crippen LogP contribution in [0.1, 0.15) is 51.7 Å². The van der Waals surface area contributed by atoms with E-state index >= 15 is 0 Å². The molecule has 0 aromatic heterocycles. The van der Waals surface area contributed by atoms with E-state index in [1.807, 2.05) is 0 Å². The lowest BCUT2D eigenvalue weighted by Gasteiger charge is -2.33. The maximum absolute atomic E-state index is 13.7. The fourth-order valence-electron chi connectivity index (χ4n) is 3.48. The predicted molar refractivity (Wildman–Crippen MR) is 101 cm³/mol. The monoisotopic (exact) mass is 411 g/mol. The summed E-state index contributed by atoms with van der Waals surface area (Å²) in [5, 5.41) is 0. The Morgan fingerprint density at radius 2 is 1.79 bits per heavy atom. The molecular weight excluding hydrogens is 387 g/mol. The molecule has 0 N–H and O–H groups in total. The molecule has 0 bridgehead atoms. The van der Waals surface area contributed by atoms with Gasteiger partial charge in [0.1, 0.15) is 5.92 Å². The fourth-order valence-corrected chi connectivity index (χ4v) is 3.48. The van der Waals surface area contributed by atoms with E-state index in [1.54, 1.807) is 27.7 Å². The fraction of sp³-hybridized carbons (Fsp3) is 0.476. The van der Waals surface area contributed by atoms with Gasteiger partial charge in [-0.25, -0.2) is 4.79 Å². The molecule has 0 saturated carbocycles. The van der Waals surface area contributed by atoms with Gasteiger partial charge in [0.2, 0.25) is 0 Å². The maximum Gasteiger partial charge on any atom is 0.416 e. The number of hydrogen-bond acceptors (Lipinski definition) is 5. The van der Waals surface area contributed by atoms with Gasteiger partial charge in [-0.15, -0.1) is 0 Å². The molecule has 2 rings (SSSR count). The Hall–Kier alpha value is -2.64. The van der Waals surface area contributed by atoms with E-state index in [1.165, 1.54) is 25.1 Å². The number of aliphatic imine (C=N–C) groups is 1. The van der Waals surface area contributed by atoms with Crippen LogP contribution in [0.3, 0.4) is 0 Å². The van der Waals surface area contributed by atoms with E-state index < -0.39 is 41.6 Å². The molecule has 0 fully saturated rings. The molecule has 1 aromatic carbocycles. The topological polar surface area (TPSA) is 65.0 Å². The third-order valence-electron chi connectivity index (χ3n) is 4.53. The van der Waals surface area contributed by atoms with Gasteiger partial charge in [-0.3, -0.25) is 9.79 Å². The van der Waals surface area contributed by atoms with E-state index in [9.17, 15) is 22.8 Å². The van der Waals surface area contributed by atoms with Crippen molar-refractivity contribution in [2.24, 2.45) is 10.9 Å². The molecule has 0 aliphatic carbocycles. The van der Waals surface area contributed by atoms with Crippen LogP contribution in [0.15, 0.2) is 40.5 Å². The van der Waals surface area contributed by atoms with E-state index in [0.29, 0.717) is 0 Å². The molecule has 1 aromatic rings. The molecule has 0 amide bonds. The second-order valence-corrected chi connectivity index (χ2v) is 7.00. The summed E-state index contributed by atoms with van der Waals surface area (Å²) >= 11 is 0. The van der Waals surface area contributed by atoms with Crippen LogP contribution >= 0.6 is 0 Å². The van der Waals surface area contributed by atoms with Gasteiger partial charge in [0.25, 0.3) is 0 Å². The Morgan fingerprint density at radius 1 is 1.17 bits per heavy atom. The molecule has 1 aliphatic heterocycles. The Kier molecular flexibility index (Phi) is 6.87. The summed E-state index contributed by atoms with van der Waals surface area (Å²) in [6, 6.07) is 4.90. The van der Waals surface area contributed by atoms with Crippen LogP contribution in [0.25, 0.3) is 0 Å². The summed E-state index contributed by atoms with van der Waals surface area (Å²) in [7, 11) is 0. The molecular formula is C21H24F3NO4. The summed E-state index contributed by atoms with van der Waals surface area (Å²) in [6.45, 7) is 7.97. The summed E-state index contributed by atoms with van der Waals surface area (Å²) in [6.07, 6.45) is -5.16. The third-order valence-corrected chi connectivity index (χ3v) is 4.53. The van der Waals surface area contributed by atoms with Crippen LogP contribution in [0.2, 0.25) is 0 Å². The van der Waals surface area contributed by atoms with Crippen molar-refractivity contribution in [3.05, 3.63) is 46.7 Å². The number of rotatable bonds is 5. The van der Waals surface area contributed by atoms with Crippen LogP contribution in [-0.4, -0.2) is 30.4 Å². The quantitative estimate of drug-likeness (QED) is 0.661. The number of carbonyl (C=O) groups is 2. The summed E-state index contributed by atoms with van der Waals surface area (Å²) in [5.41, 5.74) is -0.683. The SMILES string of the molecule is CCOC(=O)C1C(C)=NC(C)=C(C(=O)OC(C)C)C1c1ccccc1C(F)(F)F. The van der Waals surface area contributed by atoms with Crippen molar-refractivity contribution in [1.29, 1.82) is 0 Å². The van der Waals surface area contributed by atoms with Crippen molar-refractivity contribution in [3.63, 3.8) is 0 Å². The molecule has 8 heteroatoms. The number of benzene rings is 1. The number of allylic oxidation sites excluding steroid dienone is 1. The van der Waals surface area contributed by atoms with Crippen molar-refractivity contribution < 1.29 is 32.2 Å². The van der Waals surface area contributed by atoms with Gasteiger partial charge in [-0.05, 0) is 46.2 Å². The Morgan fingerprint density at radius 3 is 2.34 bits per heavy atom. The highest BCUT2D eigenvalue weighted by Crippen LogP contribution is 2.45. The highest BCUT2D eigenvalue weighted by Gasteiger charge is 2.46. The molecule has 0 saturated heterocycles. The molecule has 2 atom stereocenters. The van der Waals surface area contributed by atoms with Gasteiger partial charge in [0, 0.05) is 17.3 Å². The smallest absolute Gasteiger partial charge is 0.416 e. The van der Waals surface area contributed by atoms with Gasteiger partial charge in [-0.2, -0.15) is 13.2 Å². The summed E-state index contributed by atoms with van der Waals surface area (Å²) in [4.78, 5) is 29.8. The average Bonchev–Trinajstić information content (AvgIpc) is 2.59. The normalized spacial score (nSPS) is 19.8. The number of nitrogens with zero attached hydrogens (tertiary/aromatic N) is 1. The van der Waals surface area contributed by atoms with Crippen molar-refractivity contribution >= 4 is 17.7 Å². The molecule has 0 spiro atoms. The lowest BCUT2D eigenvalue weighted by atomic mass is 9.74. The molecule has 1 heterocycles. The Balaban J connectivity index is 2.76. The maximum atomic E-state index is 13.7. The zero-order valence-corrected chi connectivity index (χ0v) is 17.0. The first-order valence-electron chi connectivity index (χ1n) is 9.28. The zero-order chi connectivity index (χ0) is 21.9. The zero-order valence-electron chi connectivity index (χ0n) is 17.0. The minimum atomic E-state index is -4.67. The van der Waals surface area contributed by atoms with E-state index in [4.69, 9.17) is 9.47 Å². The Bertz CT molecular complexity index is 856. The molecule has 29 heavy (non-hydrogen) atoms. The van der Waals surface area contributed by atoms with Crippen molar-refractivity contribution in [1.82, 2.24) is 0 Å². The summed E-state index contributed by atoms with van der Waals surface area (Å²) < 4.78 is 51.6. The molecule has 1 aliphatic rings. The number of esters is 2. The van der Waals surface area contributed by atoms with E-state index in [0.717, 1.165) is 6.07 Å². The highest BCUT2D eigenvalue weighted by molar-refractivity contribution is 6.07. The van der Waals surface area contributed by atoms with Gasteiger partial charge in [0.15, 0.2) is 0 Å². The first-order chi connectivity index (χ1) is 13.5. The second-order valence-electron chi connectivity index (χ2n) is 7.00. The lowest BCUT2D eigenvalue weighted by molar-refractivity contribution is -0.148. The van der Waals surface area contributed by atoms with Crippen LogP contribution in [-0.2, 0) is 25.2 Å². The number of halogens is 3. The van der Waals surface area contributed by atoms with Gasteiger partial charge >= 0.3 is 18.1 Å². The molecule has 158 valence electrons. The van der Waals surface area contributed by atoms with Gasteiger partial charge in [0.05, 0.1) is 23.8 Å². The number of alkyl halides is 3. The van der Waals surface area contributed by atoms with E-state index in [2.05, 4.69) is 4.99 Å². The summed E-state index contributed by atoms with van der Waals surface area (Å²) in [5.74, 6) is -3.93. The van der Waals surface area contributed by atoms with Gasteiger partial charge < -0.3 is 9.47 Å².